The van der Waals surface area contributed by atoms with Gasteiger partial charge in [0, 0.05) is 36.3 Å². The second-order valence-corrected chi connectivity index (χ2v) is 8.22. The van der Waals surface area contributed by atoms with Gasteiger partial charge in [-0.25, -0.2) is 0 Å². The van der Waals surface area contributed by atoms with Gasteiger partial charge in [-0.3, -0.25) is 4.99 Å². The normalized spacial score (nSPS) is 18.2. The lowest BCUT2D eigenvalue weighted by atomic mass is 9.99. The summed E-state index contributed by atoms with van der Waals surface area (Å²) in [5, 5.41) is 18.2. The van der Waals surface area contributed by atoms with E-state index in [2.05, 4.69) is 45.6 Å². The molecule has 1 aromatic carbocycles. The van der Waals surface area contributed by atoms with Crippen molar-refractivity contribution in [3.8, 4) is 0 Å². The van der Waals surface area contributed by atoms with Crippen molar-refractivity contribution in [1.29, 1.82) is 0 Å². The lowest BCUT2D eigenvalue weighted by molar-refractivity contribution is 0.184. The van der Waals surface area contributed by atoms with Crippen molar-refractivity contribution in [1.82, 2.24) is 15.5 Å². The minimum atomic E-state index is -0.533. The SMILES string of the molecule is CN=C(NCCN1CCC(C)CC1)NCC(O)c1cc2ccccc2s1. The fraction of sp³-hybridized carbons (Fsp3) is 0.550. The average Bonchev–Trinajstić information content (AvgIpc) is 3.10. The Morgan fingerprint density at radius 1 is 1.31 bits per heavy atom. The fourth-order valence-electron chi connectivity index (χ4n) is 3.30. The molecule has 0 radical (unpaired) electrons. The van der Waals surface area contributed by atoms with Crippen molar-refractivity contribution >= 4 is 27.4 Å². The van der Waals surface area contributed by atoms with E-state index in [4.69, 9.17) is 0 Å². The Morgan fingerprint density at radius 2 is 2.08 bits per heavy atom. The topological polar surface area (TPSA) is 59.9 Å². The molecule has 0 saturated carbocycles. The van der Waals surface area contributed by atoms with E-state index in [0.717, 1.165) is 29.8 Å². The van der Waals surface area contributed by atoms with Crippen molar-refractivity contribution in [2.24, 2.45) is 10.9 Å². The minimum absolute atomic E-state index is 0.452. The zero-order valence-electron chi connectivity index (χ0n) is 15.7. The van der Waals surface area contributed by atoms with Crippen LogP contribution in [0.15, 0.2) is 35.3 Å². The first-order chi connectivity index (χ1) is 12.7. The predicted molar refractivity (Wildman–Crippen MR) is 111 cm³/mol. The molecule has 142 valence electrons. The van der Waals surface area contributed by atoms with E-state index in [0.29, 0.717) is 6.54 Å². The molecule has 1 fully saturated rings. The highest BCUT2D eigenvalue weighted by molar-refractivity contribution is 7.19. The maximum Gasteiger partial charge on any atom is 0.191 e. The van der Waals surface area contributed by atoms with Crippen LogP contribution in [0.5, 0.6) is 0 Å². The zero-order chi connectivity index (χ0) is 18.4. The lowest BCUT2D eigenvalue weighted by Crippen LogP contribution is -2.44. The lowest BCUT2D eigenvalue weighted by Gasteiger charge is -2.30. The number of guanidine groups is 1. The Morgan fingerprint density at radius 3 is 2.81 bits per heavy atom. The molecule has 3 N–H and O–H groups in total. The third-order valence-electron chi connectivity index (χ3n) is 5.06. The largest absolute Gasteiger partial charge is 0.386 e. The van der Waals surface area contributed by atoms with Crippen LogP contribution in [0, 0.1) is 5.92 Å². The van der Waals surface area contributed by atoms with Crippen LogP contribution in [-0.2, 0) is 0 Å². The van der Waals surface area contributed by atoms with E-state index in [9.17, 15) is 5.11 Å². The Balaban J connectivity index is 1.42. The summed E-state index contributed by atoms with van der Waals surface area (Å²) < 4.78 is 1.21. The van der Waals surface area contributed by atoms with Crippen LogP contribution in [-0.4, -0.2) is 55.7 Å². The average molecular weight is 375 g/mol. The molecule has 0 aliphatic carbocycles. The maximum absolute atomic E-state index is 10.5. The first-order valence-corrected chi connectivity index (χ1v) is 10.3. The molecule has 5 nitrogen and oxygen atoms in total. The van der Waals surface area contributed by atoms with Gasteiger partial charge in [0.15, 0.2) is 5.96 Å². The van der Waals surface area contributed by atoms with E-state index in [1.165, 1.54) is 36.0 Å². The molecule has 1 saturated heterocycles. The van der Waals surface area contributed by atoms with Crippen LogP contribution in [0.2, 0.25) is 0 Å². The monoisotopic (exact) mass is 374 g/mol. The number of piperidine rings is 1. The predicted octanol–water partition coefficient (Wildman–Crippen LogP) is 2.83. The Bertz CT molecular complexity index is 688. The fourth-order valence-corrected chi connectivity index (χ4v) is 4.35. The summed E-state index contributed by atoms with van der Waals surface area (Å²) in [6.07, 6.45) is 2.07. The molecule has 2 heterocycles. The molecule has 0 amide bonds. The van der Waals surface area contributed by atoms with Crippen molar-refractivity contribution in [3.63, 3.8) is 0 Å². The molecule has 1 unspecified atom stereocenters. The number of hydrogen-bond donors (Lipinski definition) is 3. The molecule has 0 spiro atoms. The number of fused-ring (bicyclic) bond motifs is 1. The van der Waals surface area contributed by atoms with Gasteiger partial charge in [-0.1, -0.05) is 25.1 Å². The van der Waals surface area contributed by atoms with Crippen molar-refractivity contribution < 1.29 is 5.11 Å². The van der Waals surface area contributed by atoms with Gasteiger partial charge in [0.05, 0.1) is 0 Å². The first kappa shape index (κ1) is 19.1. The summed E-state index contributed by atoms with van der Waals surface area (Å²) >= 11 is 1.64. The van der Waals surface area contributed by atoms with E-state index in [-0.39, 0.29) is 0 Å². The van der Waals surface area contributed by atoms with Crippen LogP contribution in [0.1, 0.15) is 30.7 Å². The maximum atomic E-state index is 10.5. The van der Waals surface area contributed by atoms with E-state index in [1.54, 1.807) is 18.4 Å². The molecule has 2 aromatic rings. The third-order valence-corrected chi connectivity index (χ3v) is 6.27. The van der Waals surface area contributed by atoms with E-state index in [1.807, 2.05) is 12.1 Å². The van der Waals surface area contributed by atoms with Gasteiger partial charge in [0.2, 0.25) is 0 Å². The van der Waals surface area contributed by atoms with Crippen LogP contribution in [0.3, 0.4) is 0 Å². The highest BCUT2D eigenvalue weighted by Gasteiger charge is 2.15. The summed E-state index contributed by atoms with van der Waals surface area (Å²) in [6.45, 7) is 7.08. The molecular formula is C20H30N4OS. The van der Waals surface area contributed by atoms with Gasteiger partial charge in [-0.15, -0.1) is 11.3 Å². The number of likely N-dealkylation sites (tertiary alicyclic amines) is 1. The van der Waals surface area contributed by atoms with Gasteiger partial charge in [0.25, 0.3) is 0 Å². The number of aliphatic hydroxyl groups is 1. The Kier molecular flexibility index (Phi) is 6.88. The highest BCUT2D eigenvalue weighted by Crippen LogP contribution is 2.29. The zero-order valence-corrected chi connectivity index (χ0v) is 16.6. The molecule has 1 aliphatic heterocycles. The molecule has 3 rings (SSSR count). The van der Waals surface area contributed by atoms with Crippen molar-refractivity contribution in [2.75, 3.05) is 39.8 Å². The first-order valence-electron chi connectivity index (χ1n) is 9.49. The second-order valence-electron chi connectivity index (χ2n) is 7.11. The number of nitrogens with zero attached hydrogens (tertiary/aromatic N) is 2. The summed E-state index contributed by atoms with van der Waals surface area (Å²) in [6, 6.07) is 10.3. The molecule has 0 bridgehead atoms. The number of rotatable bonds is 6. The second kappa shape index (κ2) is 9.35. The van der Waals surface area contributed by atoms with Crippen LogP contribution < -0.4 is 10.6 Å². The van der Waals surface area contributed by atoms with Crippen LogP contribution in [0.25, 0.3) is 10.1 Å². The number of nitrogens with one attached hydrogen (secondary N) is 2. The quantitative estimate of drug-likeness (QED) is 0.538. The summed E-state index contributed by atoms with van der Waals surface area (Å²) in [5.74, 6) is 1.61. The number of aliphatic imine (C=N–C) groups is 1. The van der Waals surface area contributed by atoms with E-state index >= 15 is 0 Å². The molecule has 1 aromatic heterocycles. The molecule has 1 atom stereocenters. The van der Waals surface area contributed by atoms with Crippen LogP contribution in [0.4, 0.5) is 0 Å². The standard InChI is InChI=1S/C20H30N4OS/c1-15-7-10-24(11-8-15)12-9-22-20(21-2)23-14-17(25)19-13-16-5-3-4-6-18(16)26-19/h3-6,13,15,17,25H,7-12,14H2,1-2H3,(H2,21,22,23). The minimum Gasteiger partial charge on any atom is -0.386 e. The summed E-state index contributed by atoms with van der Waals surface area (Å²) in [7, 11) is 1.77. The van der Waals surface area contributed by atoms with E-state index < -0.39 is 6.10 Å². The van der Waals surface area contributed by atoms with Gasteiger partial charge >= 0.3 is 0 Å². The van der Waals surface area contributed by atoms with Crippen molar-refractivity contribution in [2.45, 2.75) is 25.9 Å². The third kappa shape index (κ3) is 5.19. The van der Waals surface area contributed by atoms with Gasteiger partial charge in [0.1, 0.15) is 6.10 Å². The van der Waals surface area contributed by atoms with Gasteiger partial charge in [-0.05, 0) is 49.4 Å². The smallest absolute Gasteiger partial charge is 0.191 e. The highest BCUT2D eigenvalue weighted by atomic mass is 32.1. The summed E-state index contributed by atoms with van der Waals surface area (Å²) in [4.78, 5) is 7.75. The Labute approximate surface area is 160 Å². The number of thiophene rings is 1. The van der Waals surface area contributed by atoms with Crippen molar-refractivity contribution in [3.05, 3.63) is 35.2 Å². The van der Waals surface area contributed by atoms with Gasteiger partial charge < -0.3 is 20.6 Å². The number of benzene rings is 1. The molecular weight excluding hydrogens is 344 g/mol. The van der Waals surface area contributed by atoms with Crippen LogP contribution >= 0.6 is 11.3 Å². The number of hydrogen-bond acceptors (Lipinski definition) is 4. The molecule has 1 aliphatic rings. The molecule has 6 heteroatoms. The summed E-state index contributed by atoms with van der Waals surface area (Å²) in [5.41, 5.74) is 0. The van der Waals surface area contributed by atoms with Gasteiger partial charge in [-0.2, -0.15) is 0 Å². The Hall–Kier alpha value is -1.63. The molecule has 26 heavy (non-hydrogen) atoms. The number of aliphatic hydroxyl groups excluding tert-OH is 1.